The van der Waals surface area contributed by atoms with Gasteiger partial charge in [0.2, 0.25) is 0 Å². The summed E-state index contributed by atoms with van der Waals surface area (Å²) >= 11 is 10.5. The summed E-state index contributed by atoms with van der Waals surface area (Å²) in [7, 11) is -3.45. The summed E-state index contributed by atoms with van der Waals surface area (Å²) in [6, 6.07) is 2.04. The van der Waals surface area contributed by atoms with Crippen LogP contribution in [-0.2, 0) is 63.3 Å². The molecular weight excluding hydrogens is 1300 g/mol. The number of nitrogens with zero attached hydrogens (tertiary/aromatic N) is 5. The monoisotopic (exact) mass is 1380 g/mol. The zero-order chi connectivity index (χ0) is 60.4. The van der Waals surface area contributed by atoms with Gasteiger partial charge in [-0.05, 0) is 114 Å². The van der Waals surface area contributed by atoms with E-state index in [1.54, 1.807) is 80.4 Å². The van der Waals surface area contributed by atoms with Crippen molar-refractivity contribution in [2.24, 2.45) is 0 Å². The first kappa shape index (κ1) is 76.0. The number of hydrogen-bond donors (Lipinski definition) is 1. The van der Waals surface area contributed by atoms with Crippen molar-refractivity contribution in [3.05, 3.63) is 140 Å². The van der Waals surface area contributed by atoms with E-state index in [4.69, 9.17) is 20.3 Å². The molecule has 0 aromatic carbocycles. The van der Waals surface area contributed by atoms with E-state index >= 15 is 0 Å². The van der Waals surface area contributed by atoms with E-state index in [0.29, 0.717) is 123 Å². The number of rotatable bonds is 24. The second-order valence-electron chi connectivity index (χ2n) is 21.0. The molecule has 0 spiro atoms. The van der Waals surface area contributed by atoms with Gasteiger partial charge in [-0.2, -0.15) is 0 Å². The van der Waals surface area contributed by atoms with E-state index in [1.165, 1.54) is 0 Å². The van der Waals surface area contributed by atoms with Gasteiger partial charge in [0, 0.05) is 121 Å². The fourth-order valence-electron chi connectivity index (χ4n) is 8.64. The fourth-order valence-corrected chi connectivity index (χ4v) is 12.1. The molecule has 6 rings (SSSR count). The van der Waals surface area contributed by atoms with Crippen LogP contribution in [0.1, 0.15) is 92.1 Å². The van der Waals surface area contributed by atoms with Crippen LogP contribution in [0, 0.1) is 13.8 Å². The number of carboxylic acids is 1. The topological polar surface area (TPSA) is 214 Å². The van der Waals surface area contributed by atoms with Crippen LogP contribution in [0.5, 0.6) is 0 Å². The van der Waals surface area contributed by atoms with Crippen molar-refractivity contribution in [3.63, 3.8) is 0 Å². The number of halogens is 4. The molecule has 5 aromatic rings. The first-order valence-corrected chi connectivity index (χ1v) is 35.8. The maximum Gasteiger partial charge on any atom is 1.00 e. The Balaban J connectivity index is 0.00000118. The quantitative estimate of drug-likeness (QED) is 0.0264. The molecule has 0 amide bonds. The number of carbonyl (C=O) groups excluding carboxylic acids is 2. The number of carboxylic acid groups (broad SMARTS) is 1. The van der Waals surface area contributed by atoms with Crippen LogP contribution >= 0.6 is 47.8 Å². The molecule has 450 valence electrons. The van der Waals surface area contributed by atoms with Gasteiger partial charge < -0.3 is 52.4 Å². The van der Waals surface area contributed by atoms with Crippen LogP contribution in [0.25, 0.3) is 27.4 Å². The van der Waals surface area contributed by atoms with Gasteiger partial charge in [0.1, 0.15) is 24.5 Å². The summed E-state index contributed by atoms with van der Waals surface area (Å²) in [5, 5.41) is 10.7. The molecule has 0 saturated heterocycles. The van der Waals surface area contributed by atoms with Crippen LogP contribution < -0.4 is 46.2 Å². The van der Waals surface area contributed by atoms with Gasteiger partial charge in [-0.25, -0.2) is 14.4 Å². The molecule has 0 radical (unpaired) electrons. The Bertz CT molecular complexity index is 3290. The van der Waals surface area contributed by atoms with E-state index in [-0.39, 0.29) is 90.7 Å². The summed E-state index contributed by atoms with van der Waals surface area (Å²) in [6.07, 6.45) is 13.0. The van der Waals surface area contributed by atoms with Gasteiger partial charge >= 0.3 is 47.5 Å². The van der Waals surface area contributed by atoms with Crippen LogP contribution in [0.15, 0.2) is 89.9 Å². The third kappa shape index (κ3) is 20.0. The maximum absolute atomic E-state index is 13.2. The number of carbonyl (C=O) groups is 3. The van der Waals surface area contributed by atoms with Crippen molar-refractivity contribution in [1.82, 2.24) is 22.8 Å². The minimum Gasteiger partial charge on any atom is -0.870 e. The summed E-state index contributed by atoms with van der Waals surface area (Å²) < 4.78 is 48.0. The van der Waals surface area contributed by atoms with Crippen LogP contribution in [0.2, 0.25) is 51.4 Å². The third-order valence-corrected chi connectivity index (χ3v) is 18.0. The molecule has 82 heavy (non-hydrogen) atoms. The SMILES string of the molecule is C.C=CCCn1cc(Br)c2c(C(=O)O)c(C)n(COCC[Si](C)(C)C)c2c1=O.C=CCCn1cc(Br)c2c(C(=O)OCC)c(C)n(COCC[Si](C)(C)C)c2c1=O.C=CCCn1cc(Br)c2c(c1=O)CC(C)=C2C(=O)OCC.[2H]CF.[Na+].[OH-]. The molecule has 0 atom stereocenters. The average Bonchev–Trinajstić information content (AvgIpc) is 4.05. The van der Waals surface area contributed by atoms with Crippen molar-refractivity contribution < 1.29 is 79.2 Å². The Morgan fingerprint density at radius 1 is 0.683 bits per heavy atom. The number of pyridine rings is 3. The molecule has 17 nitrogen and oxygen atoms in total. The molecule has 5 aromatic heterocycles. The Morgan fingerprint density at radius 2 is 1.05 bits per heavy atom. The second-order valence-corrected chi connectivity index (χ2v) is 34.8. The molecule has 24 heteroatoms. The second kappa shape index (κ2) is 36.1. The first-order chi connectivity index (χ1) is 37.6. The largest absolute Gasteiger partial charge is 1.00 e. The molecule has 1 aliphatic rings. The number of aromatic nitrogens is 5. The Hall–Kier alpha value is -4.02. The van der Waals surface area contributed by atoms with Crippen molar-refractivity contribution in [1.29, 1.82) is 0 Å². The number of allylic oxidation sites excluding steroid dienone is 4. The van der Waals surface area contributed by atoms with Crippen LogP contribution in [0.4, 0.5) is 4.39 Å². The molecule has 2 N–H and O–H groups in total. The van der Waals surface area contributed by atoms with E-state index in [2.05, 4.69) is 107 Å². The molecule has 0 unspecified atom stereocenters. The molecule has 0 bridgehead atoms. The summed E-state index contributed by atoms with van der Waals surface area (Å²) in [5.74, 6) is -1.85. The fraction of sp³-hybridized carbons (Fsp3) is 0.483. The standard InChI is InChI=1S/C21H31BrN2O4Si.C19H27BrN2O4Si.C16H18BrNO3.CH3F.CH4.Na.H2O/c1-7-9-10-23-13-16(22)18-17(21(26)28-8-2)15(3)24(19(18)20(23)25)14-27-11-12-29(4,5)6;1-6-7-8-21-11-14(20)16-15(19(24)25)13(2)22(17(16)18(21)23)12-26-9-10-27(3,4)5;1-4-6-7-18-9-12(17)14-11(15(18)19)8-10(3)13(14)16(20)21-5-2;1-2;;;/h7,13H,1,8-12,14H2,2-6H3;6,11H,1,7-10,12H2,2-5H3,(H,24,25);4,9H,1,5-8H2,2-3H3;1H3;1H4;;1H2/q;;;;;+1;/p-1/i;;;1D;;;. The number of esters is 2. The molecular formula is C58H84Br3FN5NaO12Si2. The van der Waals surface area contributed by atoms with Crippen molar-refractivity contribution >= 4 is 109 Å². The van der Waals surface area contributed by atoms with E-state index in [9.17, 15) is 38.3 Å². The molecule has 1 aliphatic carbocycles. The number of aromatic carboxylic acids is 1. The number of fused-ring (bicyclic) bond motifs is 3. The summed E-state index contributed by atoms with van der Waals surface area (Å²) in [5.41, 5.74) is 4.87. The average molecular weight is 1380 g/mol. The summed E-state index contributed by atoms with van der Waals surface area (Å²) in [6.45, 7) is 37.5. The maximum atomic E-state index is 13.2. The first-order valence-electron chi connectivity index (χ1n) is 26.7. The van der Waals surface area contributed by atoms with Crippen LogP contribution in [0.3, 0.4) is 0 Å². The van der Waals surface area contributed by atoms with E-state index < -0.39 is 35.2 Å². The smallest absolute Gasteiger partial charge is 0.870 e. The van der Waals surface area contributed by atoms with Crippen LogP contribution in [-0.4, -0.2) is 101 Å². The van der Waals surface area contributed by atoms with E-state index in [0.717, 1.165) is 28.6 Å². The predicted molar refractivity (Wildman–Crippen MR) is 340 cm³/mol. The molecule has 0 saturated carbocycles. The minimum atomic E-state index is -1.23. The van der Waals surface area contributed by atoms with Crippen molar-refractivity contribution in [2.45, 2.75) is 152 Å². The van der Waals surface area contributed by atoms with Gasteiger partial charge in [-0.15, -0.1) is 19.7 Å². The number of hydrogen-bond acceptors (Lipinski definition) is 11. The Labute approximate surface area is 533 Å². The van der Waals surface area contributed by atoms with Gasteiger partial charge in [-0.1, -0.05) is 70.5 Å². The number of alkyl halides is 1. The molecule has 5 heterocycles. The Kier molecular flexibility index (Phi) is 33.4. The molecule has 0 aliphatic heterocycles. The Morgan fingerprint density at radius 3 is 1.43 bits per heavy atom. The van der Waals surface area contributed by atoms with Crippen molar-refractivity contribution in [2.75, 3.05) is 33.6 Å². The normalized spacial score (nSPS) is 11.7. The zero-order valence-electron chi connectivity index (χ0n) is 50.1. The number of ether oxygens (including phenoxy) is 4. The third-order valence-electron chi connectivity index (χ3n) is 12.8. The van der Waals surface area contributed by atoms with Gasteiger partial charge in [0.25, 0.3) is 16.7 Å². The molecule has 0 fully saturated rings. The summed E-state index contributed by atoms with van der Waals surface area (Å²) in [4.78, 5) is 75.4. The van der Waals surface area contributed by atoms with Gasteiger partial charge in [0.15, 0.2) is 0 Å². The van der Waals surface area contributed by atoms with E-state index in [1.807, 2.05) is 13.8 Å². The predicted octanol–water partition coefficient (Wildman–Crippen LogP) is 10.5. The van der Waals surface area contributed by atoms with Gasteiger partial charge in [0.05, 0.1) is 38.4 Å². The minimum absolute atomic E-state index is 0. The van der Waals surface area contributed by atoms with Crippen molar-refractivity contribution in [3.8, 4) is 0 Å². The zero-order valence-corrected chi connectivity index (χ0v) is 57.9. The van der Waals surface area contributed by atoms with Gasteiger partial charge in [-0.3, -0.25) is 18.8 Å². The number of aryl methyl sites for hydroxylation is 3.